The van der Waals surface area contributed by atoms with Crippen LogP contribution in [0.2, 0.25) is 0 Å². The van der Waals surface area contributed by atoms with Gasteiger partial charge in [-0.2, -0.15) is 4.98 Å². The lowest BCUT2D eigenvalue weighted by molar-refractivity contribution is 0.388. The van der Waals surface area contributed by atoms with E-state index in [9.17, 15) is 0 Å². The van der Waals surface area contributed by atoms with Gasteiger partial charge in [-0.25, -0.2) is 0 Å². The summed E-state index contributed by atoms with van der Waals surface area (Å²) in [5.41, 5.74) is 7.57. The normalized spacial score (nSPS) is 10.4. The molecule has 1 aromatic carbocycles. The zero-order valence-electron chi connectivity index (χ0n) is 7.90. The molecular formula is C10H11N3O. The fourth-order valence-corrected chi connectivity index (χ4v) is 1.28. The summed E-state index contributed by atoms with van der Waals surface area (Å²) in [6.07, 6.45) is 0.615. The molecular weight excluding hydrogens is 178 g/mol. The van der Waals surface area contributed by atoms with E-state index in [4.69, 9.17) is 10.3 Å². The number of hydrogen-bond donors (Lipinski definition) is 1. The number of rotatable bonds is 2. The smallest absolute Gasteiger partial charge is 0.223 e. The molecule has 1 heterocycles. The molecule has 0 saturated carbocycles. The van der Waals surface area contributed by atoms with Crippen molar-refractivity contribution in [1.29, 1.82) is 0 Å². The van der Waals surface area contributed by atoms with Gasteiger partial charge < -0.3 is 10.3 Å². The highest BCUT2D eigenvalue weighted by Crippen LogP contribution is 2.13. The number of para-hydroxylation sites is 1. The van der Waals surface area contributed by atoms with Crippen molar-refractivity contribution in [2.75, 3.05) is 5.73 Å². The van der Waals surface area contributed by atoms with Crippen LogP contribution in [0.15, 0.2) is 28.8 Å². The van der Waals surface area contributed by atoms with Crippen molar-refractivity contribution in [2.45, 2.75) is 13.3 Å². The number of anilines is 1. The topological polar surface area (TPSA) is 64.9 Å². The Morgan fingerprint density at radius 1 is 1.36 bits per heavy atom. The Morgan fingerprint density at radius 2 is 2.14 bits per heavy atom. The largest absolute Gasteiger partial charge is 0.398 e. The molecule has 0 spiro atoms. The highest BCUT2D eigenvalue weighted by atomic mass is 16.5. The molecule has 0 aliphatic heterocycles. The first-order chi connectivity index (χ1) is 6.75. The zero-order chi connectivity index (χ0) is 9.97. The van der Waals surface area contributed by atoms with Gasteiger partial charge in [0.25, 0.3) is 0 Å². The lowest BCUT2D eigenvalue weighted by Crippen LogP contribution is -1.96. The van der Waals surface area contributed by atoms with Gasteiger partial charge in [-0.05, 0) is 11.6 Å². The quantitative estimate of drug-likeness (QED) is 0.728. The molecule has 0 radical (unpaired) electrons. The summed E-state index contributed by atoms with van der Waals surface area (Å²) < 4.78 is 4.87. The van der Waals surface area contributed by atoms with Crippen LogP contribution in [0.5, 0.6) is 0 Å². The van der Waals surface area contributed by atoms with Gasteiger partial charge in [0.1, 0.15) is 0 Å². The summed E-state index contributed by atoms with van der Waals surface area (Å²) >= 11 is 0. The lowest BCUT2D eigenvalue weighted by atomic mass is 10.1. The summed E-state index contributed by atoms with van der Waals surface area (Å²) in [4.78, 5) is 4.11. The summed E-state index contributed by atoms with van der Waals surface area (Å²) in [6, 6.07) is 7.67. The van der Waals surface area contributed by atoms with E-state index in [1.807, 2.05) is 24.3 Å². The van der Waals surface area contributed by atoms with Crippen LogP contribution >= 0.6 is 0 Å². The van der Waals surface area contributed by atoms with Crippen molar-refractivity contribution in [3.05, 3.63) is 41.5 Å². The molecule has 4 heteroatoms. The summed E-state index contributed by atoms with van der Waals surface area (Å²) in [6.45, 7) is 1.77. The first-order valence-electron chi connectivity index (χ1n) is 4.38. The van der Waals surface area contributed by atoms with Crippen molar-refractivity contribution < 1.29 is 4.52 Å². The Labute approximate surface area is 81.7 Å². The average molecular weight is 189 g/mol. The molecule has 2 aromatic rings. The van der Waals surface area contributed by atoms with Gasteiger partial charge >= 0.3 is 0 Å². The van der Waals surface area contributed by atoms with Crippen molar-refractivity contribution in [3.63, 3.8) is 0 Å². The summed E-state index contributed by atoms with van der Waals surface area (Å²) in [5, 5.41) is 3.81. The predicted octanol–water partition coefficient (Wildman–Crippen LogP) is 1.55. The van der Waals surface area contributed by atoms with Crippen LogP contribution in [-0.4, -0.2) is 10.1 Å². The molecule has 0 atom stereocenters. The number of nitrogen functional groups attached to an aromatic ring is 1. The first-order valence-corrected chi connectivity index (χ1v) is 4.38. The van der Waals surface area contributed by atoms with Gasteiger partial charge in [-0.3, -0.25) is 0 Å². The SMILES string of the molecule is Cc1nc(Cc2ccccc2N)no1. The standard InChI is InChI=1S/C10H11N3O/c1-7-12-10(13-14-7)6-8-4-2-3-5-9(8)11/h2-5H,6,11H2,1H3. The molecule has 0 fully saturated rings. The predicted molar refractivity (Wildman–Crippen MR) is 52.7 cm³/mol. The van der Waals surface area contributed by atoms with Gasteiger partial charge in [-0.15, -0.1) is 0 Å². The molecule has 4 nitrogen and oxygen atoms in total. The van der Waals surface area contributed by atoms with E-state index < -0.39 is 0 Å². The van der Waals surface area contributed by atoms with Gasteiger partial charge in [-0.1, -0.05) is 23.4 Å². The molecule has 0 aliphatic carbocycles. The van der Waals surface area contributed by atoms with Gasteiger partial charge in [0, 0.05) is 19.0 Å². The molecule has 0 bridgehead atoms. The van der Waals surface area contributed by atoms with E-state index in [1.165, 1.54) is 0 Å². The number of aryl methyl sites for hydroxylation is 1. The number of nitrogens with zero attached hydrogens (tertiary/aromatic N) is 2. The van der Waals surface area contributed by atoms with E-state index in [0.717, 1.165) is 11.3 Å². The van der Waals surface area contributed by atoms with E-state index >= 15 is 0 Å². The molecule has 2 N–H and O–H groups in total. The molecule has 72 valence electrons. The second-order valence-electron chi connectivity index (χ2n) is 3.11. The van der Waals surface area contributed by atoms with Crippen molar-refractivity contribution in [2.24, 2.45) is 0 Å². The van der Waals surface area contributed by atoms with Crippen LogP contribution in [-0.2, 0) is 6.42 Å². The van der Waals surface area contributed by atoms with E-state index in [1.54, 1.807) is 6.92 Å². The zero-order valence-corrected chi connectivity index (χ0v) is 7.90. The van der Waals surface area contributed by atoms with Crippen molar-refractivity contribution in [3.8, 4) is 0 Å². The summed E-state index contributed by atoms with van der Waals surface area (Å²) in [5.74, 6) is 1.25. The molecule has 14 heavy (non-hydrogen) atoms. The minimum atomic E-state index is 0.578. The Balaban J connectivity index is 2.23. The Bertz CT molecular complexity index is 436. The van der Waals surface area contributed by atoms with Crippen LogP contribution in [0.3, 0.4) is 0 Å². The minimum Gasteiger partial charge on any atom is -0.398 e. The molecule has 0 saturated heterocycles. The van der Waals surface area contributed by atoms with Crippen LogP contribution in [0.25, 0.3) is 0 Å². The average Bonchev–Trinajstić information content (AvgIpc) is 2.56. The number of benzene rings is 1. The van der Waals surface area contributed by atoms with Crippen LogP contribution in [0.4, 0.5) is 5.69 Å². The maximum absolute atomic E-state index is 5.79. The third kappa shape index (κ3) is 1.74. The Hall–Kier alpha value is -1.84. The third-order valence-corrected chi connectivity index (χ3v) is 1.97. The molecule has 2 rings (SSSR count). The minimum absolute atomic E-state index is 0.578. The second-order valence-corrected chi connectivity index (χ2v) is 3.11. The van der Waals surface area contributed by atoms with Gasteiger partial charge in [0.15, 0.2) is 5.82 Å². The number of nitrogens with two attached hydrogens (primary N) is 1. The van der Waals surface area contributed by atoms with Crippen molar-refractivity contribution >= 4 is 5.69 Å². The first kappa shape index (κ1) is 8.74. The molecule has 0 unspecified atom stereocenters. The van der Waals surface area contributed by atoms with Crippen LogP contribution < -0.4 is 5.73 Å². The van der Waals surface area contributed by atoms with Gasteiger partial charge in [0.2, 0.25) is 5.89 Å². The lowest BCUT2D eigenvalue weighted by Gasteiger charge is -2.00. The third-order valence-electron chi connectivity index (χ3n) is 1.97. The number of hydrogen-bond acceptors (Lipinski definition) is 4. The van der Waals surface area contributed by atoms with Crippen molar-refractivity contribution in [1.82, 2.24) is 10.1 Å². The van der Waals surface area contributed by atoms with Crippen LogP contribution in [0, 0.1) is 6.92 Å². The Morgan fingerprint density at radius 3 is 2.79 bits per heavy atom. The maximum Gasteiger partial charge on any atom is 0.223 e. The highest BCUT2D eigenvalue weighted by molar-refractivity contribution is 5.47. The fraction of sp³-hybridized carbons (Fsp3) is 0.200. The van der Waals surface area contributed by atoms with E-state index in [-0.39, 0.29) is 0 Å². The monoisotopic (exact) mass is 189 g/mol. The fourth-order valence-electron chi connectivity index (χ4n) is 1.28. The molecule has 0 amide bonds. The maximum atomic E-state index is 5.79. The highest BCUT2D eigenvalue weighted by Gasteiger charge is 2.05. The second kappa shape index (κ2) is 3.49. The molecule has 0 aliphatic rings. The van der Waals surface area contributed by atoms with E-state index in [0.29, 0.717) is 18.1 Å². The Kier molecular flexibility index (Phi) is 2.18. The van der Waals surface area contributed by atoms with Crippen LogP contribution in [0.1, 0.15) is 17.3 Å². The number of aromatic nitrogens is 2. The molecule has 1 aromatic heterocycles. The summed E-state index contributed by atoms with van der Waals surface area (Å²) in [7, 11) is 0. The van der Waals surface area contributed by atoms with Gasteiger partial charge in [0.05, 0.1) is 0 Å². The van der Waals surface area contributed by atoms with E-state index in [2.05, 4.69) is 10.1 Å².